The maximum Gasteiger partial charge on any atom is 0.280 e. The van der Waals surface area contributed by atoms with E-state index >= 15 is 0 Å². The van der Waals surface area contributed by atoms with Gasteiger partial charge in [0.25, 0.3) is 6.43 Å². The normalized spacial score (nSPS) is 11.0. The summed E-state index contributed by atoms with van der Waals surface area (Å²) in [5.41, 5.74) is 2.62. The van der Waals surface area contributed by atoms with Gasteiger partial charge in [0.1, 0.15) is 22.5 Å². The number of ketones is 1. The highest BCUT2D eigenvalue weighted by Gasteiger charge is 2.20. The molecule has 0 saturated carbocycles. The van der Waals surface area contributed by atoms with Gasteiger partial charge in [0.2, 0.25) is 0 Å². The number of allylic oxidation sites excluding steroid dienone is 1. The molecule has 0 saturated heterocycles. The summed E-state index contributed by atoms with van der Waals surface area (Å²) in [7, 11) is 2.92. The standard InChI is InChI=1S/C31H24F2N2O4S/c1-38-28-13-9-19(8-11-26(36)21-10-12-27(37)29(15-21)39-2)14-22(28)18-40-31-24(17-34)23(16-25(35-31)30(32)33)20-6-4-3-5-7-20/h3-16,30,37H,18H2,1-2H3/b11-8+. The number of nitrogens with zero attached hydrogens (tertiary/aromatic N) is 2. The Hall–Kier alpha value is -4.68. The lowest BCUT2D eigenvalue weighted by atomic mass is 10.0. The Bertz CT molecular complexity index is 1600. The summed E-state index contributed by atoms with van der Waals surface area (Å²) in [5.74, 6) is 0.677. The Morgan fingerprint density at radius 1 is 1.05 bits per heavy atom. The molecule has 202 valence electrons. The lowest BCUT2D eigenvalue weighted by Gasteiger charge is -2.13. The lowest BCUT2D eigenvalue weighted by Crippen LogP contribution is -2.00. The summed E-state index contributed by atoms with van der Waals surface area (Å²) in [4.78, 5) is 16.8. The highest BCUT2D eigenvalue weighted by atomic mass is 32.2. The maximum atomic E-state index is 13.7. The van der Waals surface area contributed by atoms with Crippen molar-refractivity contribution in [2.24, 2.45) is 0 Å². The first-order chi connectivity index (χ1) is 19.3. The molecule has 0 radical (unpaired) electrons. The Kier molecular flexibility index (Phi) is 9.15. The van der Waals surface area contributed by atoms with Crippen molar-refractivity contribution in [3.63, 3.8) is 0 Å². The third-order valence-electron chi connectivity index (χ3n) is 5.99. The largest absolute Gasteiger partial charge is 0.504 e. The maximum absolute atomic E-state index is 13.7. The van der Waals surface area contributed by atoms with Crippen molar-refractivity contribution in [3.8, 4) is 34.4 Å². The second kappa shape index (κ2) is 12.9. The predicted molar refractivity (Wildman–Crippen MR) is 150 cm³/mol. The molecule has 1 aromatic heterocycles. The number of phenols is 1. The predicted octanol–water partition coefficient (Wildman–Crippen LogP) is 7.47. The molecule has 4 rings (SSSR count). The number of carbonyl (C=O) groups excluding carboxylic acids is 1. The minimum atomic E-state index is -2.80. The number of aromatic hydroxyl groups is 1. The summed E-state index contributed by atoms with van der Waals surface area (Å²) < 4.78 is 38.0. The van der Waals surface area contributed by atoms with Crippen LogP contribution < -0.4 is 9.47 Å². The number of rotatable bonds is 10. The van der Waals surface area contributed by atoms with Gasteiger partial charge in [-0.2, -0.15) is 5.26 Å². The monoisotopic (exact) mass is 558 g/mol. The molecular formula is C31H24F2N2O4S. The minimum Gasteiger partial charge on any atom is -0.504 e. The number of phenolic OH excluding ortho intramolecular Hbond substituents is 1. The molecule has 0 aliphatic heterocycles. The van der Waals surface area contributed by atoms with Crippen LogP contribution in [0, 0.1) is 11.3 Å². The van der Waals surface area contributed by atoms with E-state index in [4.69, 9.17) is 9.47 Å². The number of halogens is 2. The van der Waals surface area contributed by atoms with Gasteiger partial charge in [0.05, 0.1) is 19.8 Å². The Morgan fingerprint density at radius 2 is 1.80 bits per heavy atom. The molecule has 0 atom stereocenters. The smallest absolute Gasteiger partial charge is 0.280 e. The van der Waals surface area contributed by atoms with Crippen molar-refractivity contribution in [1.29, 1.82) is 5.26 Å². The molecule has 1 heterocycles. The SMILES string of the molecule is COc1cc(C(=O)/C=C/c2ccc(OC)c(CSc3nc(C(F)F)cc(-c4ccccc4)c3C#N)c2)ccc1O. The first-order valence-electron chi connectivity index (χ1n) is 12.0. The number of alkyl halides is 2. The van der Waals surface area contributed by atoms with E-state index in [0.717, 1.165) is 17.3 Å². The van der Waals surface area contributed by atoms with Crippen LogP contribution in [0.5, 0.6) is 17.2 Å². The first kappa shape index (κ1) is 28.3. The van der Waals surface area contributed by atoms with E-state index in [1.165, 1.54) is 44.6 Å². The van der Waals surface area contributed by atoms with Gasteiger partial charge in [-0.3, -0.25) is 4.79 Å². The summed E-state index contributed by atoms with van der Waals surface area (Å²) in [6, 6.07) is 21.9. The number of aromatic nitrogens is 1. The molecule has 0 bridgehead atoms. The fourth-order valence-electron chi connectivity index (χ4n) is 3.97. The number of nitriles is 1. The third-order valence-corrected chi connectivity index (χ3v) is 7.01. The fourth-order valence-corrected chi connectivity index (χ4v) is 4.96. The summed E-state index contributed by atoms with van der Waals surface area (Å²) in [6.45, 7) is 0. The third kappa shape index (κ3) is 6.47. The van der Waals surface area contributed by atoms with Gasteiger partial charge in [-0.05, 0) is 53.6 Å². The van der Waals surface area contributed by atoms with E-state index in [-0.39, 0.29) is 33.6 Å². The van der Waals surface area contributed by atoms with Gasteiger partial charge in [-0.25, -0.2) is 13.8 Å². The number of ether oxygens (including phenoxy) is 2. The van der Waals surface area contributed by atoms with Gasteiger partial charge in [-0.15, -0.1) is 11.8 Å². The highest BCUT2D eigenvalue weighted by Crippen LogP contribution is 2.36. The molecule has 0 aliphatic carbocycles. The average molecular weight is 559 g/mol. The second-order valence-corrected chi connectivity index (χ2v) is 9.46. The highest BCUT2D eigenvalue weighted by molar-refractivity contribution is 7.98. The summed E-state index contributed by atoms with van der Waals surface area (Å²) >= 11 is 1.15. The van der Waals surface area contributed by atoms with Crippen LogP contribution in [0.4, 0.5) is 8.78 Å². The minimum absolute atomic E-state index is 0.0654. The molecule has 4 aromatic rings. The number of carbonyl (C=O) groups is 1. The van der Waals surface area contributed by atoms with Crippen molar-refractivity contribution >= 4 is 23.6 Å². The van der Waals surface area contributed by atoms with Crippen molar-refractivity contribution in [1.82, 2.24) is 4.98 Å². The van der Waals surface area contributed by atoms with Crippen LogP contribution in [0.3, 0.4) is 0 Å². The van der Waals surface area contributed by atoms with E-state index in [1.807, 2.05) is 12.1 Å². The molecule has 0 unspecified atom stereocenters. The molecular weight excluding hydrogens is 534 g/mol. The summed E-state index contributed by atoms with van der Waals surface area (Å²) in [5, 5.41) is 19.9. The van der Waals surface area contributed by atoms with E-state index in [1.54, 1.807) is 42.5 Å². The van der Waals surface area contributed by atoms with Crippen molar-refractivity contribution in [3.05, 3.63) is 107 Å². The molecule has 40 heavy (non-hydrogen) atoms. The molecule has 9 heteroatoms. The van der Waals surface area contributed by atoms with Crippen molar-refractivity contribution < 1.29 is 28.2 Å². The number of hydrogen-bond donors (Lipinski definition) is 1. The zero-order chi connectivity index (χ0) is 28.6. The molecule has 6 nitrogen and oxygen atoms in total. The van der Waals surface area contributed by atoms with Crippen LogP contribution >= 0.6 is 11.8 Å². The molecule has 3 aromatic carbocycles. The van der Waals surface area contributed by atoms with Crippen LogP contribution in [0.2, 0.25) is 0 Å². The zero-order valence-corrected chi connectivity index (χ0v) is 22.4. The number of hydrogen-bond acceptors (Lipinski definition) is 7. The quantitative estimate of drug-likeness (QED) is 0.123. The van der Waals surface area contributed by atoms with Gasteiger partial charge in [0.15, 0.2) is 17.3 Å². The second-order valence-electron chi connectivity index (χ2n) is 8.50. The van der Waals surface area contributed by atoms with E-state index < -0.39 is 12.1 Å². The number of methoxy groups -OCH3 is 2. The van der Waals surface area contributed by atoms with Gasteiger partial charge in [0, 0.05) is 22.4 Å². The van der Waals surface area contributed by atoms with Crippen LogP contribution in [0.15, 0.2) is 83.9 Å². The van der Waals surface area contributed by atoms with Crippen molar-refractivity contribution in [2.75, 3.05) is 14.2 Å². The van der Waals surface area contributed by atoms with Gasteiger partial charge in [-0.1, -0.05) is 42.5 Å². The molecule has 0 amide bonds. The van der Waals surface area contributed by atoms with Crippen LogP contribution in [-0.4, -0.2) is 30.1 Å². The van der Waals surface area contributed by atoms with E-state index in [0.29, 0.717) is 28.0 Å². The Labute approximate surface area is 234 Å². The Morgan fingerprint density at radius 3 is 2.48 bits per heavy atom. The molecule has 0 aliphatic rings. The van der Waals surface area contributed by atoms with Gasteiger partial charge >= 0.3 is 0 Å². The number of pyridine rings is 1. The molecule has 0 spiro atoms. The number of thioether (sulfide) groups is 1. The van der Waals surface area contributed by atoms with E-state index in [2.05, 4.69) is 11.1 Å². The average Bonchev–Trinajstić information content (AvgIpc) is 2.98. The zero-order valence-electron chi connectivity index (χ0n) is 21.6. The van der Waals surface area contributed by atoms with E-state index in [9.17, 15) is 23.9 Å². The topological polar surface area (TPSA) is 92.4 Å². The summed E-state index contributed by atoms with van der Waals surface area (Å²) in [6.07, 6.45) is 0.237. The molecule has 0 fully saturated rings. The van der Waals surface area contributed by atoms with Gasteiger partial charge < -0.3 is 14.6 Å². The van der Waals surface area contributed by atoms with Crippen LogP contribution in [0.25, 0.3) is 17.2 Å². The Balaban J connectivity index is 1.62. The fraction of sp³-hybridized carbons (Fsp3) is 0.129. The number of benzene rings is 3. The molecule has 1 N–H and O–H groups in total. The van der Waals surface area contributed by atoms with Crippen LogP contribution in [0.1, 0.15) is 39.2 Å². The lowest BCUT2D eigenvalue weighted by molar-refractivity contribution is 0.104. The first-order valence-corrected chi connectivity index (χ1v) is 13.0. The van der Waals surface area contributed by atoms with Crippen molar-refractivity contribution in [2.45, 2.75) is 17.2 Å². The van der Waals surface area contributed by atoms with Crippen LogP contribution in [-0.2, 0) is 5.75 Å².